The molecule has 122 valence electrons. The van der Waals surface area contributed by atoms with Crippen LogP contribution in [0.5, 0.6) is 0 Å². The van der Waals surface area contributed by atoms with E-state index in [0.717, 1.165) is 31.3 Å². The Bertz CT molecular complexity index is 641. The topological polar surface area (TPSA) is 98.5 Å². The summed E-state index contributed by atoms with van der Waals surface area (Å²) >= 11 is 0. The van der Waals surface area contributed by atoms with Gasteiger partial charge in [0.05, 0.1) is 9.82 Å². The number of anilines is 1. The van der Waals surface area contributed by atoms with Crippen LogP contribution in [0.3, 0.4) is 0 Å². The standard InChI is InChI=1S/C14H20N2O5S/c1-22(19,20)12-5-6-13(14(9-12)16(17)18)15-7-2-8-21-10-11-3-4-11/h5-6,9,11,15H,2-4,7-8,10H2,1H3. The van der Waals surface area contributed by atoms with Crippen molar-refractivity contribution in [2.75, 3.05) is 31.3 Å². The molecule has 0 atom stereocenters. The van der Waals surface area contributed by atoms with Gasteiger partial charge in [0, 0.05) is 32.1 Å². The molecule has 1 aromatic carbocycles. The lowest BCUT2D eigenvalue weighted by Crippen LogP contribution is -2.09. The second-order valence-corrected chi connectivity index (χ2v) is 7.52. The van der Waals surface area contributed by atoms with E-state index in [1.807, 2.05) is 0 Å². The molecule has 22 heavy (non-hydrogen) atoms. The largest absolute Gasteiger partial charge is 0.381 e. The van der Waals surface area contributed by atoms with Crippen molar-refractivity contribution >= 4 is 21.2 Å². The molecule has 0 spiro atoms. The van der Waals surface area contributed by atoms with E-state index in [2.05, 4.69) is 5.32 Å². The summed E-state index contributed by atoms with van der Waals surface area (Å²) in [5, 5.41) is 14.0. The zero-order valence-corrected chi connectivity index (χ0v) is 13.3. The summed E-state index contributed by atoms with van der Waals surface area (Å²) in [5.74, 6) is 0.720. The molecule has 0 saturated heterocycles. The van der Waals surface area contributed by atoms with Crippen LogP contribution >= 0.6 is 0 Å². The monoisotopic (exact) mass is 328 g/mol. The van der Waals surface area contributed by atoms with E-state index in [-0.39, 0.29) is 10.6 Å². The molecule has 1 N–H and O–H groups in total. The fourth-order valence-corrected chi connectivity index (χ4v) is 2.62. The van der Waals surface area contributed by atoms with Gasteiger partial charge in [0.1, 0.15) is 5.69 Å². The van der Waals surface area contributed by atoms with Crippen LogP contribution in [0.25, 0.3) is 0 Å². The molecule has 0 heterocycles. The Morgan fingerprint density at radius 1 is 1.41 bits per heavy atom. The Labute approximate surface area is 129 Å². The van der Waals surface area contributed by atoms with Gasteiger partial charge < -0.3 is 10.1 Å². The Morgan fingerprint density at radius 3 is 2.73 bits per heavy atom. The number of nitro groups is 1. The number of hydrogen-bond donors (Lipinski definition) is 1. The Hall–Kier alpha value is -1.67. The van der Waals surface area contributed by atoms with E-state index < -0.39 is 14.8 Å². The summed E-state index contributed by atoms with van der Waals surface area (Å²) in [4.78, 5) is 10.4. The van der Waals surface area contributed by atoms with Crippen LogP contribution in [-0.4, -0.2) is 39.4 Å². The molecular formula is C14H20N2O5S. The second kappa shape index (κ2) is 7.06. The van der Waals surface area contributed by atoms with Crippen LogP contribution in [0, 0.1) is 16.0 Å². The summed E-state index contributed by atoms with van der Waals surface area (Å²) in [5.41, 5.74) is 0.0846. The number of ether oxygens (including phenoxy) is 1. The summed E-state index contributed by atoms with van der Waals surface area (Å²) in [7, 11) is -3.46. The molecular weight excluding hydrogens is 308 g/mol. The molecule has 1 aliphatic carbocycles. The van der Waals surface area contributed by atoms with Gasteiger partial charge in [-0.25, -0.2) is 8.42 Å². The maximum atomic E-state index is 11.5. The van der Waals surface area contributed by atoms with Gasteiger partial charge in [-0.15, -0.1) is 0 Å². The zero-order valence-electron chi connectivity index (χ0n) is 12.4. The van der Waals surface area contributed by atoms with E-state index in [4.69, 9.17) is 4.74 Å². The third-order valence-electron chi connectivity index (χ3n) is 3.43. The molecule has 1 saturated carbocycles. The highest BCUT2D eigenvalue weighted by Gasteiger charge is 2.21. The Kier molecular flexibility index (Phi) is 5.36. The quantitative estimate of drug-likeness (QED) is 0.424. The summed E-state index contributed by atoms with van der Waals surface area (Å²) in [6, 6.07) is 3.88. The van der Waals surface area contributed by atoms with Gasteiger partial charge in [0.2, 0.25) is 0 Å². The van der Waals surface area contributed by atoms with Crippen molar-refractivity contribution in [3.8, 4) is 0 Å². The second-order valence-electron chi connectivity index (χ2n) is 5.51. The maximum absolute atomic E-state index is 11.5. The SMILES string of the molecule is CS(=O)(=O)c1ccc(NCCCOCC2CC2)c([N+](=O)[O-])c1. The van der Waals surface area contributed by atoms with E-state index in [0.29, 0.717) is 18.8 Å². The van der Waals surface area contributed by atoms with Crippen molar-refractivity contribution < 1.29 is 18.1 Å². The minimum atomic E-state index is -3.46. The first-order valence-corrected chi connectivity index (χ1v) is 9.07. The number of nitrogens with one attached hydrogen (secondary N) is 1. The first-order chi connectivity index (χ1) is 10.4. The van der Waals surface area contributed by atoms with Crippen LogP contribution in [0.4, 0.5) is 11.4 Å². The van der Waals surface area contributed by atoms with Crippen molar-refractivity contribution in [3.05, 3.63) is 28.3 Å². The van der Waals surface area contributed by atoms with E-state index >= 15 is 0 Å². The van der Waals surface area contributed by atoms with Gasteiger partial charge in [-0.1, -0.05) is 0 Å². The van der Waals surface area contributed by atoms with Gasteiger partial charge in [0.15, 0.2) is 9.84 Å². The van der Waals surface area contributed by atoms with E-state index in [1.54, 1.807) is 0 Å². The molecule has 0 radical (unpaired) electrons. The van der Waals surface area contributed by atoms with Crippen molar-refractivity contribution in [1.29, 1.82) is 0 Å². The Balaban J connectivity index is 1.90. The van der Waals surface area contributed by atoms with Crippen LogP contribution in [-0.2, 0) is 14.6 Å². The van der Waals surface area contributed by atoms with Crippen molar-refractivity contribution in [2.24, 2.45) is 5.92 Å². The highest BCUT2D eigenvalue weighted by molar-refractivity contribution is 7.90. The molecule has 0 bridgehead atoms. The van der Waals surface area contributed by atoms with Gasteiger partial charge in [-0.05, 0) is 37.3 Å². The highest BCUT2D eigenvalue weighted by Crippen LogP contribution is 2.29. The lowest BCUT2D eigenvalue weighted by Gasteiger charge is -2.08. The van der Waals surface area contributed by atoms with E-state index in [1.165, 1.54) is 25.0 Å². The number of nitro benzene ring substituents is 1. The van der Waals surface area contributed by atoms with Crippen LogP contribution < -0.4 is 5.32 Å². The lowest BCUT2D eigenvalue weighted by atomic mass is 10.2. The average molecular weight is 328 g/mol. The molecule has 1 aliphatic rings. The number of hydrogen-bond acceptors (Lipinski definition) is 6. The summed E-state index contributed by atoms with van der Waals surface area (Å²) < 4.78 is 28.4. The molecule has 0 aliphatic heterocycles. The van der Waals surface area contributed by atoms with Crippen molar-refractivity contribution in [2.45, 2.75) is 24.2 Å². The molecule has 0 amide bonds. The summed E-state index contributed by atoms with van der Waals surface area (Å²) in [6.07, 6.45) is 4.25. The van der Waals surface area contributed by atoms with E-state index in [9.17, 15) is 18.5 Å². The van der Waals surface area contributed by atoms with Crippen molar-refractivity contribution in [1.82, 2.24) is 0 Å². The van der Waals surface area contributed by atoms with Crippen LogP contribution in [0.2, 0.25) is 0 Å². The zero-order chi connectivity index (χ0) is 16.2. The molecule has 0 aromatic heterocycles. The highest BCUT2D eigenvalue weighted by atomic mass is 32.2. The predicted molar refractivity (Wildman–Crippen MR) is 82.9 cm³/mol. The number of nitrogens with zero attached hydrogens (tertiary/aromatic N) is 1. The van der Waals surface area contributed by atoms with Gasteiger partial charge >= 0.3 is 0 Å². The molecule has 1 aromatic rings. The predicted octanol–water partition coefficient (Wildman–Crippen LogP) is 2.23. The average Bonchev–Trinajstić information content (AvgIpc) is 3.25. The number of sulfone groups is 1. The van der Waals surface area contributed by atoms with Crippen LogP contribution in [0.15, 0.2) is 23.1 Å². The molecule has 0 unspecified atom stereocenters. The van der Waals surface area contributed by atoms with Crippen molar-refractivity contribution in [3.63, 3.8) is 0 Å². The molecule has 2 rings (SSSR count). The molecule has 8 heteroatoms. The van der Waals surface area contributed by atoms with Gasteiger partial charge in [-0.2, -0.15) is 0 Å². The third kappa shape index (κ3) is 4.96. The Morgan fingerprint density at radius 2 is 2.14 bits per heavy atom. The first kappa shape index (κ1) is 16.7. The minimum absolute atomic E-state index is 0.0579. The fraction of sp³-hybridized carbons (Fsp3) is 0.571. The normalized spacial score (nSPS) is 14.8. The molecule has 1 fully saturated rings. The number of rotatable bonds is 9. The maximum Gasteiger partial charge on any atom is 0.293 e. The number of benzene rings is 1. The van der Waals surface area contributed by atoms with Gasteiger partial charge in [-0.3, -0.25) is 10.1 Å². The smallest absolute Gasteiger partial charge is 0.293 e. The fourth-order valence-electron chi connectivity index (χ4n) is 1.97. The van der Waals surface area contributed by atoms with Crippen LogP contribution in [0.1, 0.15) is 19.3 Å². The minimum Gasteiger partial charge on any atom is -0.381 e. The lowest BCUT2D eigenvalue weighted by molar-refractivity contribution is -0.384. The molecule has 7 nitrogen and oxygen atoms in total. The third-order valence-corrected chi connectivity index (χ3v) is 4.54. The summed E-state index contributed by atoms with van der Waals surface area (Å²) in [6.45, 7) is 1.94. The first-order valence-electron chi connectivity index (χ1n) is 7.18. The van der Waals surface area contributed by atoms with Gasteiger partial charge in [0.25, 0.3) is 5.69 Å².